The third-order valence-corrected chi connectivity index (χ3v) is 4.71. The molecule has 0 aliphatic rings. The van der Waals surface area contributed by atoms with Crippen molar-refractivity contribution in [3.8, 4) is 0 Å². The van der Waals surface area contributed by atoms with Crippen LogP contribution >= 0.6 is 35.0 Å². The van der Waals surface area contributed by atoms with Crippen molar-refractivity contribution in [3.63, 3.8) is 0 Å². The molecule has 110 valence electrons. The second-order valence-corrected chi connectivity index (χ2v) is 7.30. The maximum Gasteiger partial charge on any atom is 0.317 e. The summed E-state index contributed by atoms with van der Waals surface area (Å²) < 4.78 is 0. The molecule has 1 N–H and O–H groups in total. The van der Waals surface area contributed by atoms with Gasteiger partial charge in [-0.25, -0.2) is 0 Å². The first-order chi connectivity index (χ1) is 9.22. The van der Waals surface area contributed by atoms with E-state index in [2.05, 4.69) is 0 Å². The SMILES string of the molecule is Cc1c(Cl)cc(C(=O)CC(SC(C)C)C(=O)O)cc1Cl. The summed E-state index contributed by atoms with van der Waals surface area (Å²) in [5.41, 5.74) is 1.05. The Morgan fingerprint density at radius 2 is 1.75 bits per heavy atom. The molecule has 0 spiro atoms. The number of aliphatic carboxylic acids is 1. The Kier molecular flexibility index (Phi) is 6.37. The maximum atomic E-state index is 12.2. The highest BCUT2D eigenvalue weighted by atomic mass is 35.5. The van der Waals surface area contributed by atoms with Crippen LogP contribution in [0.15, 0.2) is 12.1 Å². The fourth-order valence-electron chi connectivity index (χ4n) is 1.61. The quantitative estimate of drug-likeness (QED) is 0.780. The molecule has 3 nitrogen and oxygen atoms in total. The molecule has 1 rings (SSSR count). The summed E-state index contributed by atoms with van der Waals surface area (Å²) in [7, 11) is 0. The average molecular weight is 335 g/mol. The van der Waals surface area contributed by atoms with E-state index >= 15 is 0 Å². The molecule has 0 bridgehead atoms. The van der Waals surface area contributed by atoms with Gasteiger partial charge < -0.3 is 5.11 Å². The highest BCUT2D eigenvalue weighted by Crippen LogP contribution is 2.28. The highest BCUT2D eigenvalue weighted by Gasteiger charge is 2.24. The molecule has 0 aliphatic carbocycles. The first kappa shape index (κ1) is 17.3. The van der Waals surface area contributed by atoms with Gasteiger partial charge in [0.1, 0.15) is 5.25 Å². The van der Waals surface area contributed by atoms with E-state index < -0.39 is 11.2 Å². The second kappa shape index (κ2) is 7.34. The fraction of sp³-hybridized carbons (Fsp3) is 0.429. The molecule has 1 unspecified atom stereocenters. The molecule has 0 saturated heterocycles. The lowest BCUT2D eigenvalue weighted by Crippen LogP contribution is -2.22. The number of halogens is 2. The van der Waals surface area contributed by atoms with E-state index in [4.69, 9.17) is 28.3 Å². The Morgan fingerprint density at radius 1 is 1.25 bits per heavy atom. The molecule has 0 saturated carbocycles. The molecule has 1 atom stereocenters. The van der Waals surface area contributed by atoms with Crippen LogP contribution in [0.25, 0.3) is 0 Å². The number of carbonyl (C=O) groups is 2. The molecule has 0 aromatic heterocycles. The molecular formula is C14H16Cl2O3S. The van der Waals surface area contributed by atoms with Crippen molar-refractivity contribution in [2.24, 2.45) is 0 Å². The number of carbonyl (C=O) groups excluding carboxylic acids is 1. The van der Waals surface area contributed by atoms with E-state index in [0.717, 1.165) is 0 Å². The maximum absolute atomic E-state index is 12.2. The topological polar surface area (TPSA) is 54.4 Å². The molecule has 20 heavy (non-hydrogen) atoms. The number of hydrogen-bond acceptors (Lipinski definition) is 3. The number of ketones is 1. The van der Waals surface area contributed by atoms with E-state index in [0.29, 0.717) is 21.2 Å². The van der Waals surface area contributed by atoms with Gasteiger partial charge in [0.2, 0.25) is 0 Å². The summed E-state index contributed by atoms with van der Waals surface area (Å²) in [4.78, 5) is 23.3. The van der Waals surface area contributed by atoms with Crippen LogP contribution in [0.2, 0.25) is 10.0 Å². The van der Waals surface area contributed by atoms with Crippen LogP contribution in [-0.2, 0) is 4.79 Å². The van der Waals surface area contributed by atoms with Gasteiger partial charge in [0.05, 0.1) is 0 Å². The largest absolute Gasteiger partial charge is 0.480 e. The minimum atomic E-state index is -0.985. The van der Waals surface area contributed by atoms with Crippen LogP contribution in [-0.4, -0.2) is 27.4 Å². The van der Waals surface area contributed by atoms with Crippen LogP contribution in [0.5, 0.6) is 0 Å². The van der Waals surface area contributed by atoms with Gasteiger partial charge in [0.25, 0.3) is 0 Å². The number of carboxylic acid groups (broad SMARTS) is 1. The number of carboxylic acids is 1. The third-order valence-electron chi connectivity index (χ3n) is 2.69. The molecule has 0 amide bonds. The smallest absolute Gasteiger partial charge is 0.317 e. The number of thioether (sulfide) groups is 1. The Morgan fingerprint density at radius 3 is 2.15 bits per heavy atom. The Bertz CT molecular complexity index is 506. The van der Waals surface area contributed by atoms with Crippen molar-refractivity contribution in [2.75, 3.05) is 0 Å². The van der Waals surface area contributed by atoms with Crippen LogP contribution in [0, 0.1) is 6.92 Å². The first-order valence-electron chi connectivity index (χ1n) is 6.09. The summed E-state index contributed by atoms with van der Waals surface area (Å²) in [5, 5.41) is 9.33. The third kappa shape index (κ3) is 4.69. The van der Waals surface area contributed by atoms with Crippen molar-refractivity contribution in [1.82, 2.24) is 0 Å². The predicted octanol–water partition coefficient (Wildman–Crippen LogP) is 4.47. The highest BCUT2D eigenvalue weighted by molar-refractivity contribution is 8.01. The Balaban J connectivity index is 2.92. The first-order valence-corrected chi connectivity index (χ1v) is 7.79. The lowest BCUT2D eigenvalue weighted by molar-refractivity contribution is -0.136. The number of benzene rings is 1. The number of hydrogen-bond donors (Lipinski definition) is 1. The zero-order valence-electron chi connectivity index (χ0n) is 11.4. The van der Waals surface area contributed by atoms with Gasteiger partial charge in [0.15, 0.2) is 5.78 Å². The molecule has 0 heterocycles. The predicted molar refractivity (Wildman–Crippen MR) is 84.3 cm³/mol. The Labute approximate surface area is 132 Å². The zero-order chi connectivity index (χ0) is 15.4. The lowest BCUT2D eigenvalue weighted by atomic mass is 10.0. The van der Waals surface area contributed by atoms with Gasteiger partial charge in [0, 0.05) is 22.0 Å². The monoisotopic (exact) mass is 334 g/mol. The number of Topliss-reactive ketones (excluding diaryl/α,β-unsaturated/α-hetero) is 1. The van der Waals surface area contributed by atoms with E-state index in [1.54, 1.807) is 6.92 Å². The van der Waals surface area contributed by atoms with Gasteiger partial charge in [-0.3, -0.25) is 9.59 Å². The average Bonchev–Trinajstić information content (AvgIpc) is 2.33. The summed E-state index contributed by atoms with van der Waals surface area (Å²) in [6.07, 6.45) is -0.0755. The Hall–Kier alpha value is -0.710. The molecule has 1 aromatic carbocycles. The molecule has 0 fully saturated rings. The summed E-state index contributed by atoms with van der Waals surface area (Å²) in [5.74, 6) is -1.25. The van der Waals surface area contributed by atoms with Gasteiger partial charge in [-0.2, -0.15) is 0 Å². The molecule has 1 aromatic rings. The number of rotatable bonds is 6. The van der Waals surface area contributed by atoms with Gasteiger partial charge in [-0.1, -0.05) is 37.0 Å². The van der Waals surface area contributed by atoms with Crippen molar-refractivity contribution in [3.05, 3.63) is 33.3 Å². The summed E-state index contributed by atoms with van der Waals surface area (Å²) >= 11 is 13.2. The van der Waals surface area contributed by atoms with Crippen molar-refractivity contribution in [2.45, 2.75) is 37.7 Å². The van der Waals surface area contributed by atoms with Crippen LogP contribution in [0.4, 0.5) is 0 Å². The fourth-order valence-corrected chi connectivity index (χ4v) is 3.12. The summed E-state index contributed by atoms with van der Waals surface area (Å²) in [6, 6.07) is 3.06. The molecule has 0 aliphatic heterocycles. The van der Waals surface area contributed by atoms with E-state index in [9.17, 15) is 9.59 Å². The van der Waals surface area contributed by atoms with Gasteiger partial charge in [-0.05, 0) is 29.9 Å². The van der Waals surface area contributed by atoms with Crippen LogP contribution in [0.3, 0.4) is 0 Å². The van der Waals surface area contributed by atoms with Crippen LogP contribution in [0.1, 0.15) is 36.2 Å². The normalized spacial score (nSPS) is 12.5. The van der Waals surface area contributed by atoms with E-state index in [1.807, 2.05) is 13.8 Å². The summed E-state index contributed by atoms with van der Waals surface area (Å²) in [6.45, 7) is 5.54. The van der Waals surface area contributed by atoms with Crippen molar-refractivity contribution >= 4 is 46.7 Å². The van der Waals surface area contributed by atoms with Crippen LogP contribution < -0.4 is 0 Å². The van der Waals surface area contributed by atoms with E-state index in [1.165, 1.54) is 23.9 Å². The second-order valence-electron chi connectivity index (χ2n) is 4.70. The van der Waals surface area contributed by atoms with Crippen molar-refractivity contribution in [1.29, 1.82) is 0 Å². The minimum absolute atomic E-state index is 0.0755. The van der Waals surface area contributed by atoms with Gasteiger partial charge >= 0.3 is 5.97 Å². The molecular weight excluding hydrogens is 319 g/mol. The van der Waals surface area contributed by atoms with Gasteiger partial charge in [-0.15, -0.1) is 11.8 Å². The van der Waals surface area contributed by atoms with E-state index in [-0.39, 0.29) is 17.5 Å². The zero-order valence-corrected chi connectivity index (χ0v) is 13.8. The molecule has 0 radical (unpaired) electrons. The molecule has 6 heteroatoms. The standard InChI is InChI=1S/C14H16Cl2O3S/c1-7(2)20-13(14(18)19)6-12(17)9-4-10(15)8(3)11(16)5-9/h4-5,7,13H,6H2,1-3H3,(H,18,19). The lowest BCUT2D eigenvalue weighted by Gasteiger charge is -2.14. The minimum Gasteiger partial charge on any atom is -0.480 e. The van der Waals surface area contributed by atoms with Crippen molar-refractivity contribution < 1.29 is 14.7 Å².